The summed E-state index contributed by atoms with van der Waals surface area (Å²) in [7, 11) is 1.76. The molecule has 3 rings (SSSR count). The molecule has 1 aliphatic rings. The van der Waals surface area contributed by atoms with Gasteiger partial charge in [0.2, 0.25) is 0 Å². The van der Waals surface area contributed by atoms with Gasteiger partial charge in [-0.2, -0.15) is 11.8 Å². The summed E-state index contributed by atoms with van der Waals surface area (Å²) in [6.45, 7) is 3.81. The smallest absolute Gasteiger partial charge is 0.255 e. The molecule has 0 atom stereocenters. The number of halogens is 1. The van der Waals surface area contributed by atoms with Crippen LogP contribution in [0.2, 0.25) is 0 Å². The molecule has 2 aromatic rings. The first-order valence-electron chi connectivity index (χ1n) is 10.1. The van der Waals surface area contributed by atoms with Gasteiger partial charge >= 0.3 is 0 Å². The van der Waals surface area contributed by atoms with Gasteiger partial charge < -0.3 is 15.0 Å². The van der Waals surface area contributed by atoms with Crippen LogP contribution in [0, 0.1) is 5.82 Å². The van der Waals surface area contributed by atoms with Crippen molar-refractivity contribution in [3.8, 4) is 5.75 Å². The SMILES string of the molecule is CC(C)Oc1cccc(C(=O)Nc2cc(F)cc(C(=O)N(C)C3CCSCC3)c2)c1. The van der Waals surface area contributed by atoms with E-state index in [2.05, 4.69) is 5.32 Å². The third-order valence-corrected chi connectivity index (χ3v) is 5.98. The van der Waals surface area contributed by atoms with E-state index < -0.39 is 11.7 Å². The van der Waals surface area contributed by atoms with E-state index in [1.54, 1.807) is 36.2 Å². The monoisotopic (exact) mass is 430 g/mol. The quantitative estimate of drug-likeness (QED) is 0.713. The van der Waals surface area contributed by atoms with Crippen LogP contribution in [0.1, 0.15) is 47.4 Å². The van der Waals surface area contributed by atoms with Gasteiger partial charge in [0.25, 0.3) is 11.8 Å². The number of nitrogens with one attached hydrogen (secondary N) is 1. The van der Waals surface area contributed by atoms with Gasteiger partial charge in [0, 0.05) is 29.9 Å². The summed E-state index contributed by atoms with van der Waals surface area (Å²) in [5, 5.41) is 2.68. The maximum atomic E-state index is 14.2. The van der Waals surface area contributed by atoms with E-state index in [9.17, 15) is 14.0 Å². The lowest BCUT2D eigenvalue weighted by Crippen LogP contribution is -2.39. The molecule has 0 saturated carbocycles. The molecule has 0 aromatic heterocycles. The third-order valence-electron chi connectivity index (χ3n) is 4.93. The zero-order valence-corrected chi connectivity index (χ0v) is 18.3. The molecule has 1 aliphatic heterocycles. The number of carbonyl (C=O) groups excluding carboxylic acids is 2. The van der Waals surface area contributed by atoms with E-state index in [1.165, 1.54) is 18.2 Å². The molecule has 0 unspecified atom stereocenters. The first-order chi connectivity index (χ1) is 14.3. The summed E-state index contributed by atoms with van der Waals surface area (Å²) in [6.07, 6.45) is 1.85. The van der Waals surface area contributed by atoms with E-state index in [4.69, 9.17) is 4.74 Å². The molecule has 0 bridgehead atoms. The van der Waals surface area contributed by atoms with E-state index >= 15 is 0 Å². The number of carbonyl (C=O) groups is 2. The fraction of sp³-hybridized carbons (Fsp3) is 0.391. The Labute approximate surface area is 181 Å². The second-order valence-electron chi connectivity index (χ2n) is 7.64. The molecule has 0 spiro atoms. The lowest BCUT2D eigenvalue weighted by molar-refractivity contribution is 0.0722. The molecule has 7 heteroatoms. The van der Waals surface area contributed by atoms with Crippen molar-refractivity contribution < 1.29 is 18.7 Å². The van der Waals surface area contributed by atoms with Crippen molar-refractivity contribution in [2.45, 2.75) is 38.8 Å². The topological polar surface area (TPSA) is 58.6 Å². The van der Waals surface area contributed by atoms with Crippen LogP contribution < -0.4 is 10.1 Å². The molecule has 2 aromatic carbocycles. The van der Waals surface area contributed by atoms with Gasteiger partial charge in [-0.3, -0.25) is 9.59 Å². The highest BCUT2D eigenvalue weighted by Gasteiger charge is 2.24. The predicted molar refractivity (Wildman–Crippen MR) is 119 cm³/mol. The summed E-state index contributed by atoms with van der Waals surface area (Å²) in [4.78, 5) is 27.2. The first-order valence-corrected chi connectivity index (χ1v) is 11.2. The van der Waals surface area contributed by atoms with Gasteiger partial charge in [-0.05, 0) is 74.6 Å². The lowest BCUT2D eigenvalue weighted by Gasteiger charge is -2.31. The van der Waals surface area contributed by atoms with Crippen LogP contribution in [0.3, 0.4) is 0 Å². The average molecular weight is 431 g/mol. The molecule has 1 saturated heterocycles. The Balaban J connectivity index is 1.75. The van der Waals surface area contributed by atoms with Crippen LogP contribution in [-0.2, 0) is 0 Å². The maximum Gasteiger partial charge on any atom is 0.255 e. The number of benzene rings is 2. The van der Waals surface area contributed by atoms with Gasteiger partial charge in [0.1, 0.15) is 11.6 Å². The molecule has 1 N–H and O–H groups in total. The van der Waals surface area contributed by atoms with Crippen LogP contribution >= 0.6 is 11.8 Å². The Morgan fingerprint density at radius 1 is 1.13 bits per heavy atom. The second-order valence-corrected chi connectivity index (χ2v) is 8.86. The Morgan fingerprint density at radius 3 is 2.57 bits per heavy atom. The van der Waals surface area contributed by atoms with Crippen molar-refractivity contribution in [2.24, 2.45) is 0 Å². The van der Waals surface area contributed by atoms with Crippen LogP contribution in [0.5, 0.6) is 5.75 Å². The molecule has 160 valence electrons. The number of rotatable bonds is 6. The summed E-state index contributed by atoms with van der Waals surface area (Å²) in [6, 6.07) is 10.9. The number of nitrogens with zero attached hydrogens (tertiary/aromatic N) is 1. The predicted octanol–water partition coefficient (Wildman–Crippen LogP) is 4.83. The summed E-state index contributed by atoms with van der Waals surface area (Å²) >= 11 is 1.88. The molecule has 5 nitrogen and oxygen atoms in total. The first kappa shape index (κ1) is 22.2. The number of hydrogen-bond donors (Lipinski definition) is 1. The molecule has 1 heterocycles. The van der Waals surface area contributed by atoms with Crippen LogP contribution in [0.15, 0.2) is 42.5 Å². The fourth-order valence-electron chi connectivity index (χ4n) is 3.41. The maximum absolute atomic E-state index is 14.2. The second kappa shape index (κ2) is 9.98. The molecule has 0 aliphatic carbocycles. The molecule has 2 amide bonds. The van der Waals surface area contributed by atoms with Gasteiger partial charge in [0.15, 0.2) is 0 Å². The van der Waals surface area contributed by atoms with Crippen molar-refractivity contribution in [3.05, 3.63) is 59.4 Å². The fourth-order valence-corrected chi connectivity index (χ4v) is 4.49. The Hall–Kier alpha value is -2.54. The highest BCUT2D eigenvalue weighted by Crippen LogP contribution is 2.24. The number of amides is 2. The van der Waals surface area contributed by atoms with E-state index in [0.717, 1.165) is 24.3 Å². The van der Waals surface area contributed by atoms with Crippen molar-refractivity contribution in [1.82, 2.24) is 4.90 Å². The van der Waals surface area contributed by atoms with Crippen molar-refractivity contribution in [1.29, 1.82) is 0 Å². The Kier molecular flexibility index (Phi) is 7.37. The number of thioether (sulfide) groups is 1. The standard InChI is InChI=1S/C23H27FN2O3S/c1-15(2)29-21-6-4-5-16(13-21)22(27)25-19-12-17(11-18(24)14-19)23(28)26(3)20-7-9-30-10-8-20/h4-6,11-15,20H,7-10H2,1-3H3,(H,25,27). The summed E-state index contributed by atoms with van der Waals surface area (Å²) in [5.41, 5.74) is 0.858. The van der Waals surface area contributed by atoms with E-state index in [0.29, 0.717) is 11.3 Å². The van der Waals surface area contributed by atoms with Gasteiger partial charge in [0.05, 0.1) is 6.10 Å². The minimum atomic E-state index is -0.569. The van der Waals surface area contributed by atoms with Crippen LogP contribution in [0.25, 0.3) is 0 Å². The Bertz CT molecular complexity index is 913. The van der Waals surface area contributed by atoms with E-state index in [1.807, 2.05) is 25.6 Å². The molecule has 1 fully saturated rings. The lowest BCUT2D eigenvalue weighted by atomic mass is 10.1. The summed E-state index contributed by atoms with van der Waals surface area (Å²) in [5.74, 6) is 1.42. The highest BCUT2D eigenvalue weighted by molar-refractivity contribution is 7.99. The molecule has 0 radical (unpaired) electrons. The summed E-state index contributed by atoms with van der Waals surface area (Å²) < 4.78 is 19.8. The highest BCUT2D eigenvalue weighted by atomic mass is 32.2. The third kappa shape index (κ3) is 5.75. The molecule has 30 heavy (non-hydrogen) atoms. The van der Waals surface area contributed by atoms with Crippen LogP contribution in [-0.4, -0.2) is 47.4 Å². The van der Waals surface area contributed by atoms with Crippen molar-refractivity contribution >= 4 is 29.3 Å². The number of anilines is 1. The van der Waals surface area contributed by atoms with Gasteiger partial charge in [-0.1, -0.05) is 6.07 Å². The minimum Gasteiger partial charge on any atom is -0.491 e. The van der Waals surface area contributed by atoms with Crippen molar-refractivity contribution in [3.63, 3.8) is 0 Å². The average Bonchev–Trinajstić information content (AvgIpc) is 2.72. The molecular weight excluding hydrogens is 403 g/mol. The normalized spacial score (nSPS) is 14.4. The van der Waals surface area contributed by atoms with Gasteiger partial charge in [-0.15, -0.1) is 0 Å². The zero-order chi connectivity index (χ0) is 21.7. The zero-order valence-electron chi connectivity index (χ0n) is 17.5. The van der Waals surface area contributed by atoms with E-state index in [-0.39, 0.29) is 29.3 Å². The van der Waals surface area contributed by atoms with Gasteiger partial charge in [-0.25, -0.2) is 4.39 Å². The minimum absolute atomic E-state index is 0.0140. The Morgan fingerprint density at radius 2 is 1.87 bits per heavy atom. The molecular formula is C23H27FN2O3S. The number of hydrogen-bond acceptors (Lipinski definition) is 4. The largest absolute Gasteiger partial charge is 0.491 e. The van der Waals surface area contributed by atoms with Crippen LogP contribution in [0.4, 0.5) is 10.1 Å². The van der Waals surface area contributed by atoms with Crippen molar-refractivity contribution in [2.75, 3.05) is 23.9 Å². The number of ether oxygens (including phenoxy) is 1.